The summed E-state index contributed by atoms with van der Waals surface area (Å²) in [5.41, 5.74) is 0.994. The van der Waals surface area contributed by atoms with Crippen molar-refractivity contribution in [2.75, 3.05) is 19.6 Å². The lowest BCUT2D eigenvalue weighted by atomic mass is 10.2. The minimum absolute atomic E-state index is 0.147. The summed E-state index contributed by atoms with van der Waals surface area (Å²) in [5, 5.41) is 12.4. The Labute approximate surface area is 145 Å². The van der Waals surface area contributed by atoms with Crippen molar-refractivity contribution in [3.05, 3.63) is 35.9 Å². The van der Waals surface area contributed by atoms with E-state index in [1.807, 2.05) is 30.3 Å². The molecule has 1 aliphatic heterocycles. The van der Waals surface area contributed by atoms with Crippen molar-refractivity contribution in [2.45, 2.75) is 57.8 Å². The van der Waals surface area contributed by atoms with Crippen molar-refractivity contribution in [2.24, 2.45) is 0 Å². The summed E-state index contributed by atoms with van der Waals surface area (Å²) in [6, 6.07) is 10.2. The molecule has 1 heterocycles. The number of alkyl carbamates (subject to hydrolysis) is 1. The Hall–Kier alpha value is -1.59. The first kappa shape index (κ1) is 18.7. The molecule has 2 rings (SSSR count). The van der Waals surface area contributed by atoms with Crippen molar-refractivity contribution >= 4 is 6.09 Å². The van der Waals surface area contributed by atoms with Crippen molar-refractivity contribution in [3.63, 3.8) is 0 Å². The zero-order valence-corrected chi connectivity index (χ0v) is 14.6. The van der Waals surface area contributed by atoms with Crippen LogP contribution in [0.3, 0.4) is 0 Å². The normalized spacial score (nSPS) is 20.9. The van der Waals surface area contributed by atoms with Gasteiger partial charge in [0.2, 0.25) is 0 Å². The van der Waals surface area contributed by atoms with Gasteiger partial charge >= 0.3 is 6.09 Å². The Morgan fingerprint density at radius 2 is 2.00 bits per heavy atom. The van der Waals surface area contributed by atoms with Gasteiger partial charge < -0.3 is 15.2 Å². The van der Waals surface area contributed by atoms with E-state index in [1.54, 1.807) is 0 Å². The number of β-amino-alcohol motifs (C(OH)–C–C–N with tert-alkyl or cyclic N) is 1. The smallest absolute Gasteiger partial charge is 0.407 e. The number of carbonyl (C=O) groups excluding carboxylic acids is 1. The maximum Gasteiger partial charge on any atom is 0.407 e. The standard InChI is InChI=1S/C19H30N2O3/c1-16-13-18(22)14-21(16)12-8-3-2-7-11-20-19(23)24-15-17-9-5-4-6-10-17/h4-6,9-10,16,18,22H,2-3,7-8,11-15H2,1H3,(H,20,23)/t16-,18-/m1/s1. The number of benzene rings is 1. The minimum atomic E-state index is -0.348. The van der Waals surface area contributed by atoms with Gasteiger partial charge in [0.1, 0.15) is 6.61 Å². The van der Waals surface area contributed by atoms with Gasteiger partial charge in [-0.2, -0.15) is 0 Å². The minimum Gasteiger partial charge on any atom is -0.445 e. The molecule has 0 radical (unpaired) electrons. The number of likely N-dealkylation sites (tertiary alicyclic amines) is 1. The summed E-state index contributed by atoms with van der Waals surface area (Å²) in [4.78, 5) is 13.9. The molecule has 24 heavy (non-hydrogen) atoms. The molecule has 134 valence electrons. The Kier molecular flexibility index (Phi) is 8.05. The molecule has 1 amide bonds. The predicted octanol–water partition coefficient (Wildman–Crippen LogP) is 2.93. The van der Waals surface area contributed by atoms with E-state index in [0.717, 1.165) is 50.8 Å². The molecule has 0 spiro atoms. The Morgan fingerprint density at radius 1 is 1.25 bits per heavy atom. The zero-order chi connectivity index (χ0) is 17.2. The molecule has 1 fully saturated rings. The third kappa shape index (κ3) is 6.89. The monoisotopic (exact) mass is 334 g/mol. The SMILES string of the molecule is C[C@@H]1C[C@@H](O)CN1CCCCCCNC(=O)OCc1ccccc1. The fraction of sp³-hybridized carbons (Fsp3) is 0.632. The van der Waals surface area contributed by atoms with Crippen LogP contribution in [0.1, 0.15) is 44.6 Å². The van der Waals surface area contributed by atoms with Crippen molar-refractivity contribution in [1.82, 2.24) is 10.2 Å². The van der Waals surface area contributed by atoms with E-state index in [0.29, 0.717) is 19.2 Å². The van der Waals surface area contributed by atoms with E-state index in [9.17, 15) is 9.90 Å². The van der Waals surface area contributed by atoms with Gasteiger partial charge in [-0.15, -0.1) is 0 Å². The number of nitrogens with zero attached hydrogens (tertiary/aromatic N) is 1. The molecule has 5 heteroatoms. The van der Waals surface area contributed by atoms with Crippen LogP contribution in [-0.4, -0.2) is 47.9 Å². The molecule has 2 atom stereocenters. The Morgan fingerprint density at radius 3 is 2.71 bits per heavy atom. The van der Waals surface area contributed by atoms with Crippen LogP contribution < -0.4 is 5.32 Å². The van der Waals surface area contributed by atoms with Crippen molar-refractivity contribution < 1.29 is 14.6 Å². The Balaban J connectivity index is 1.43. The molecule has 1 saturated heterocycles. The van der Waals surface area contributed by atoms with Crippen LogP contribution in [0.5, 0.6) is 0 Å². The summed E-state index contributed by atoms with van der Waals surface area (Å²) in [6.07, 6.45) is 4.78. The first-order valence-corrected chi connectivity index (χ1v) is 9.02. The van der Waals surface area contributed by atoms with Gasteiger partial charge in [-0.25, -0.2) is 4.79 Å². The molecule has 2 N–H and O–H groups in total. The van der Waals surface area contributed by atoms with Crippen LogP contribution in [0, 0.1) is 0 Å². The highest BCUT2D eigenvalue weighted by Crippen LogP contribution is 2.17. The summed E-state index contributed by atoms with van der Waals surface area (Å²) in [6.45, 7) is 5.03. The van der Waals surface area contributed by atoms with Gasteiger partial charge in [-0.3, -0.25) is 4.90 Å². The average Bonchev–Trinajstić information content (AvgIpc) is 2.90. The maximum atomic E-state index is 11.6. The molecule has 0 aromatic heterocycles. The number of aliphatic hydroxyl groups is 1. The van der Waals surface area contributed by atoms with Gasteiger partial charge in [0.25, 0.3) is 0 Å². The van der Waals surface area contributed by atoms with E-state index < -0.39 is 0 Å². The predicted molar refractivity (Wildman–Crippen MR) is 94.8 cm³/mol. The van der Waals surface area contributed by atoms with E-state index in [-0.39, 0.29) is 12.2 Å². The first-order valence-electron chi connectivity index (χ1n) is 9.02. The summed E-state index contributed by atoms with van der Waals surface area (Å²) >= 11 is 0. The molecule has 0 bridgehead atoms. The first-order chi connectivity index (χ1) is 11.6. The quantitative estimate of drug-likeness (QED) is 0.682. The Bertz CT molecular complexity index is 481. The lowest BCUT2D eigenvalue weighted by Crippen LogP contribution is -2.28. The number of nitrogens with one attached hydrogen (secondary N) is 1. The fourth-order valence-electron chi connectivity index (χ4n) is 3.14. The highest BCUT2D eigenvalue weighted by molar-refractivity contribution is 5.67. The number of amides is 1. The van der Waals surface area contributed by atoms with E-state index in [2.05, 4.69) is 17.1 Å². The maximum absolute atomic E-state index is 11.6. The number of hydrogen-bond donors (Lipinski definition) is 2. The van der Waals surface area contributed by atoms with Crippen LogP contribution in [0.25, 0.3) is 0 Å². The number of aliphatic hydroxyl groups excluding tert-OH is 1. The molecule has 0 aliphatic carbocycles. The highest BCUT2D eigenvalue weighted by atomic mass is 16.5. The van der Waals surface area contributed by atoms with Crippen LogP contribution in [0.4, 0.5) is 4.79 Å². The van der Waals surface area contributed by atoms with Crippen LogP contribution in [-0.2, 0) is 11.3 Å². The second-order valence-electron chi connectivity index (χ2n) is 6.64. The molecule has 1 aliphatic rings. The summed E-state index contributed by atoms with van der Waals surface area (Å²) in [7, 11) is 0. The van der Waals surface area contributed by atoms with E-state index >= 15 is 0 Å². The second kappa shape index (κ2) is 10.3. The van der Waals surface area contributed by atoms with Crippen molar-refractivity contribution in [1.29, 1.82) is 0 Å². The average molecular weight is 334 g/mol. The highest BCUT2D eigenvalue weighted by Gasteiger charge is 2.26. The summed E-state index contributed by atoms with van der Waals surface area (Å²) < 4.78 is 5.16. The lowest BCUT2D eigenvalue weighted by molar-refractivity contribution is 0.139. The molecule has 0 unspecified atom stereocenters. The lowest BCUT2D eigenvalue weighted by Gasteiger charge is -2.20. The van der Waals surface area contributed by atoms with E-state index in [1.165, 1.54) is 0 Å². The van der Waals surface area contributed by atoms with Gasteiger partial charge in [-0.05, 0) is 38.3 Å². The fourth-order valence-corrected chi connectivity index (χ4v) is 3.14. The van der Waals surface area contributed by atoms with Gasteiger partial charge in [-0.1, -0.05) is 43.2 Å². The number of carbonyl (C=O) groups is 1. The third-order valence-corrected chi connectivity index (χ3v) is 4.54. The largest absolute Gasteiger partial charge is 0.445 e. The molecular weight excluding hydrogens is 304 g/mol. The topological polar surface area (TPSA) is 61.8 Å². The molecule has 1 aromatic carbocycles. The number of rotatable bonds is 9. The number of ether oxygens (including phenoxy) is 1. The van der Waals surface area contributed by atoms with Crippen LogP contribution >= 0.6 is 0 Å². The molecule has 1 aromatic rings. The van der Waals surface area contributed by atoms with Gasteiger partial charge in [0.15, 0.2) is 0 Å². The van der Waals surface area contributed by atoms with Crippen molar-refractivity contribution in [3.8, 4) is 0 Å². The van der Waals surface area contributed by atoms with Crippen LogP contribution in [0.2, 0.25) is 0 Å². The third-order valence-electron chi connectivity index (χ3n) is 4.54. The van der Waals surface area contributed by atoms with E-state index in [4.69, 9.17) is 4.74 Å². The zero-order valence-electron chi connectivity index (χ0n) is 14.6. The molecule has 0 saturated carbocycles. The van der Waals surface area contributed by atoms with Gasteiger partial charge in [0, 0.05) is 19.1 Å². The summed E-state index contributed by atoms with van der Waals surface area (Å²) in [5.74, 6) is 0. The van der Waals surface area contributed by atoms with Gasteiger partial charge in [0.05, 0.1) is 6.10 Å². The van der Waals surface area contributed by atoms with Crippen LogP contribution in [0.15, 0.2) is 30.3 Å². The molecular formula is C19H30N2O3. The number of hydrogen-bond acceptors (Lipinski definition) is 4. The second-order valence-corrected chi connectivity index (χ2v) is 6.64. The molecule has 5 nitrogen and oxygen atoms in total. The number of unbranched alkanes of at least 4 members (excludes halogenated alkanes) is 3.